The molecule has 0 aromatic carbocycles. The van der Waals surface area contributed by atoms with E-state index >= 15 is 0 Å². The fraction of sp³-hybridized carbons (Fsp3) is 0.667. The maximum atomic E-state index is 10.2. The summed E-state index contributed by atoms with van der Waals surface area (Å²) in [6.45, 7) is 5.76. The Hall–Kier alpha value is -1.37. The topological polar surface area (TPSA) is 67.2 Å². The van der Waals surface area contributed by atoms with Crippen molar-refractivity contribution in [3.8, 4) is 6.07 Å². The summed E-state index contributed by atoms with van der Waals surface area (Å²) in [5.41, 5.74) is 0. The van der Waals surface area contributed by atoms with E-state index < -0.39 is 5.97 Å². The van der Waals surface area contributed by atoms with Gasteiger partial charge in [0.25, 0.3) is 0 Å². The summed E-state index contributed by atoms with van der Waals surface area (Å²) < 4.78 is 4.42. The zero-order valence-electron chi connectivity index (χ0n) is 8.24. The highest BCUT2D eigenvalue weighted by Gasteiger charge is 1.95. The van der Waals surface area contributed by atoms with Gasteiger partial charge < -0.3 is 9.53 Å². The maximum absolute atomic E-state index is 10.2. The molecule has 4 nitrogen and oxygen atoms in total. The molecule has 0 heterocycles. The lowest BCUT2D eigenvalue weighted by Gasteiger charge is -1.92. The Balaban J connectivity index is 0. The fourth-order valence-electron chi connectivity index (χ4n) is 0.277. The summed E-state index contributed by atoms with van der Waals surface area (Å²) in [5.74, 6) is -0.245. The highest BCUT2D eigenvalue weighted by Crippen LogP contribution is 1.81. The predicted molar refractivity (Wildman–Crippen MR) is 47.8 cm³/mol. The number of ether oxygens (including phenoxy) is 1. The van der Waals surface area contributed by atoms with Crippen LogP contribution in [0.1, 0.15) is 27.2 Å². The zero-order chi connectivity index (χ0) is 10.7. The summed E-state index contributed by atoms with van der Waals surface area (Å²) in [5, 5.41) is 7.91. The number of nitrogens with zero attached hydrogens (tertiary/aromatic N) is 1. The van der Waals surface area contributed by atoms with Crippen LogP contribution in [-0.4, -0.2) is 18.9 Å². The van der Waals surface area contributed by atoms with Gasteiger partial charge >= 0.3 is 5.97 Å². The fourth-order valence-corrected chi connectivity index (χ4v) is 0.277. The first-order valence-corrected chi connectivity index (χ1v) is 4.06. The minimum Gasteiger partial charge on any atom is -0.465 e. The smallest absolute Gasteiger partial charge is 0.320 e. The standard InChI is InChI=1S/C5H7NO2.C4H8O/c1-2-8-5(7)3-4-6;1-4(2)3-5/h2-3H2,1H3;3-4H,1-2H3. The van der Waals surface area contributed by atoms with E-state index in [4.69, 9.17) is 5.26 Å². The molecule has 0 atom stereocenters. The van der Waals surface area contributed by atoms with Crippen LogP contribution in [0.15, 0.2) is 0 Å². The number of nitriles is 1. The monoisotopic (exact) mass is 185 g/mol. The molecule has 0 aliphatic rings. The van der Waals surface area contributed by atoms with Crippen LogP contribution in [0.5, 0.6) is 0 Å². The average molecular weight is 185 g/mol. The zero-order valence-corrected chi connectivity index (χ0v) is 8.24. The third-order valence-electron chi connectivity index (χ3n) is 0.801. The number of esters is 1. The molecular weight excluding hydrogens is 170 g/mol. The molecule has 0 fully saturated rings. The van der Waals surface area contributed by atoms with Gasteiger partial charge in [0.1, 0.15) is 12.7 Å². The van der Waals surface area contributed by atoms with E-state index in [0.717, 1.165) is 6.29 Å². The van der Waals surface area contributed by atoms with E-state index in [1.54, 1.807) is 13.0 Å². The lowest BCUT2D eigenvalue weighted by Crippen LogP contribution is -2.01. The number of rotatable bonds is 3. The Morgan fingerprint density at radius 3 is 2.31 bits per heavy atom. The van der Waals surface area contributed by atoms with Gasteiger partial charge in [-0.25, -0.2) is 0 Å². The van der Waals surface area contributed by atoms with Gasteiger partial charge in [0, 0.05) is 5.92 Å². The van der Waals surface area contributed by atoms with Gasteiger partial charge in [0.05, 0.1) is 12.7 Å². The van der Waals surface area contributed by atoms with Crippen molar-refractivity contribution >= 4 is 12.3 Å². The van der Waals surface area contributed by atoms with Crippen LogP contribution in [0.3, 0.4) is 0 Å². The van der Waals surface area contributed by atoms with Crippen molar-refractivity contribution in [1.82, 2.24) is 0 Å². The van der Waals surface area contributed by atoms with Crippen LogP contribution >= 0.6 is 0 Å². The highest BCUT2D eigenvalue weighted by molar-refractivity contribution is 5.71. The second kappa shape index (κ2) is 10.6. The van der Waals surface area contributed by atoms with Crippen LogP contribution in [0.2, 0.25) is 0 Å². The molecule has 13 heavy (non-hydrogen) atoms. The number of hydrogen-bond acceptors (Lipinski definition) is 4. The third-order valence-corrected chi connectivity index (χ3v) is 0.801. The molecule has 74 valence electrons. The lowest BCUT2D eigenvalue weighted by atomic mass is 10.3. The van der Waals surface area contributed by atoms with Crippen molar-refractivity contribution in [3.63, 3.8) is 0 Å². The molecule has 0 saturated heterocycles. The van der Waals surface area contributed by atoms with E-state index in [1.807, 2.05) is 13.8 Å². The molecule has 0 spiro atoms. The molecule has 0 amide bonds. The first-order chi connectivity index (χ1) is 6.08. The van der Waals surface area contributed by atoms with E-state index in [0.29, 0.717) is 6.61 Å². The van der Waals surface area contributed by atoms with Crippen molar-refractivity contribution in [2.75, 3.05) is 6.61 Å². The van der Waals surface area contributed by atoms with Crippen LogP contribution in [-0.2, 0) is 14.3 Å². The molecule has 0 aromatic heterocycles. The van der Waals surface area contributed by atoms with Crippen molar-refractivity contribution in [2.24, 2.45) is 5.92 Å². The van der Waals surface area contributed by atoms with Crippen molar-refractivity contribution < 1.29 is 14.3 Å². The van der Waals surface area contributed by atoms with Crippen LogP contribution < -0.4 is 0 Å². The normalized spacial score (nSPS) is 7.92. The van der Waals surface area contributed by atoms with Crippen molar-refractivity contribution in [3.05, 3.63) is 0 Å². The molecule has 0 rings (SSSR count). The largest absolute Gasteiger partial charge is 0.465 e. The van der Waals surface area contributed by atoms with Gasteiger partial charge in [-0.1, -0.05) is 13.8 Å². The number of aldehydes is 1. The molecule has 0 aromatic rings. The van der Waals surface area contributed by atoms with Gasteiger partial charge in [-0.3, -0.25) is 4.79 Å². The summed E-state index contributed by atoms with van der Waals surface area (Å²) in [6.07, 6.45) is 0.772. The van der Waals surface area contributed by atoms with Crippen LogP contribution in [0, 0.1) is 17.2 Å². The van der Waals surface area contributed by atoms with Crippen LogP contribution in [0.4, 0.5) is 0 Å². The summed E-state index contributed by atoms with van der Waals surface area (Å²) in [4.78, 5) is 19.7. The quantitative estimate of drug-likeness (QED) is 0.491. The van der Waals surface area contributed by atoms with Gasteiger partial charge in [-0.15, -0.1) is 0 Å². The minimum atomic E-state index is -0.449. The SMILES string of the molecule is CC(C)C=O.CCOC(=O)CC#N. The molecular formula is C9H15NO3. The third kappa shape index (κ3) is 18.0. The van der Waals surface area contributed by atoms with E-state index in [2.05, 4.69) is 4.74 Å². The van der Waals surface area contributed by atoms with Crippen molar-refractivity contribution in [2.45, 2.75) is 27.2 Å². The molecule has 0 bridgehead atoms. The summed E-state index contributed by atoms with van der Waals surface area (Å²) in [7, 11) is 0. The van der Waals surface area contributed by atoms with E-state index in [-0.39, 0.29) is 12.3 Å². The maximum Gasteiger partial charge on any atom is 0.320 e. The van der Waals surface area contributed by atoms with E-state index in [1.165, 1.54) is 0 Å². The van der Waals surface area contributed by atoms with Gasteiger partial charge in [-0.2, -0.15) is 5.26 Å². The molecule has 0 saturated carbocycles. The first-order valence-electron chi connectivity index (χ1n) is 4.06. The van der Waals surface area contributed by atoms with E-state index in [9.17, 15) is 9.59 Å². The molecule has 0 unspecified atom stereocenters. The Kier molecular flexibility index (Phi) is 11.6. The second-order valence-corrected chi connectivity index (χ2v) is 2.52. The molecule has 0 N–H and O–H groups in total. The Morgan fingerprint density at radius 1 is 1.62 bits per heavy atom. The summed E-state index contributed by atoms with van der Waals surface area (Å²) >= 11 is 0. The predicted octanol–water partition coefficient (Wildman–Crippen LogP) is 1.30. The number of carbonyl (C=O) groups is 2. The summed E-state index contributed by atoms with van der Waals surface area (Å²) in [6, 6.07) is 1.68. The van der Waals surface area contributed by atoms with Gasteiger partial charge in [0.2, 0.25) is 0 Å². The number of carbonyl (C=O) groups excluding carboxylic acids is 2. The Labute approximate surface area is 78.5 Å². The second-order valence-electron chi connectivity index (χ2n) is 2.52. The minimum absolute atomic E-state index is 0.145. The first kappa shape index (κ1) is 14.2. The molecule has 0 aliphatic carbocycles. The van der Waals surface area contributed by atoms with Gasteiger partial charge in [-0.05, 0) is 6.92 Å². The number of hydrogen-bond donors (Lipinski definition) is 0. The Morgan fingerprint density at radius 2 is 2.08 bits per heavy atom. The Bertz CT molecular complexity index is 182. The molecule has 4 heteroatoms. The van der Waals surface area contributed by atoms with Crippen molar-refractivity contribution in [1.29, 1.82) is 5.26 Å². The van der Waals surface area contributed by atoms with Crippen LogP contribution in [0.25, 0.3) is 0 Å². The molecule has 0 radical (unpaired) electrons. The van der Waals surface area contributed by atoms with Gasteiger partial charge in [0.15, 0.2) is 0 Å². The highest BCUT2D eigenvalue weighted by atomic mass is 16.5. The molecule has 0 aliphatic heterocycles. The lowest BCUT2D eigenvalue weighted by molar-refractivity contribution is -0.141. The average Bonchev–Trinajstić information content (AvgIpc) is 2.06.